The first-order valence-electron chi connectivity index (χ1n) is 10.1. The Morgan fingerprint density at radius 2 is 1.68 bits per heavy atom. The minimum absolute atomic E-state index is 0.247. The zero-order valence-electron chi connectivity index (χ0n) is 17.8. The van der Waals surface area contributed by atoms with Crippen LogP contribution >= 0.6 is 23.2 Å². The predicted octanol–water partition coefficient (Wildman–Crippen LogP) is 6.64. The van der Waals surface area contributed by atoms with E-state index in [1.165, 1.54) is 42.5 Å². The first kappa shape index (κ1) is 24.1. The number of carbonyl (C=O) groups excluding carboxylic acids is 2. The number of imide groups is 1. The molecule has 1 saturated carbocycles. The highest BCUT2D eigenvalue weighted by atomic mass is 35.5. The number of ether oxygens (including phenoxy) is 1. The topological polar surface area (TPSA) is 46.6 Å². The third kappa shape index (κ3) is 3.37. The summed E-state index contributed by atoms with van der Waals surface area (Å²) in [5.74, 6) is -2.20. The van der Waals surface area contributed by atoms with Gasteiger partial charge in [-0.1, -0.05) is 66.7 Å². The van der Waals surface area contributed by atoms with E-state index in [-0.39, 0.29) is 15.7 Å². The van der Waals surface area contributed by atoms with Crippen LogP contribution in [0.1, 0.15) is 12.5 Å². The van der Waals surface area contributed by atoms with Crippen LogP contribution < -0.4 is 9.64 Å². The fraction of sp³-hybridized carbons (Fsp3) is 0.200. The maximum absolute atomic E-state index is 13.7. The molecular weight excluding hydrogens is 490 g/mol. The SMILES string of the molecule is C=C/C=C(\C=C)[C@@]1(c2ccc(OC(F)(F)F)cc2)C2C(=O)N(c3cc(Cl)cc(Cl)c3)C(=O)[C@@]21C. The molecule has 2 aliphatic rings. The van der Waals surface area contributed by atoms with Crippen molar-refractivity contribution in [3.8, 4) is 5.75 Å². The van der Waals surface area contributed by atoms with E-state index < -0.39 is 40.7 Å². The van der Waals surface area contributed by atoms with Crippen LogP contribution in [-0.2, 0) is 15.0 Å². The molecule has 9 heteroatoms. The number of amides is 2. The molecule has 4 nitrogen and oxygen atoms in total. The highest BCUT2D eigenvalue weighted by molar-refractivity contribution is 6.36. The minimum Gasteiger partial charge on any atom is -0.406 e. The smallest absolute Gasteiger partial charge is 0.406 e. The van der Waals surface area contributed by atoms with Gasteiger partial charge in [0.25, 0.3) is 0 Å². The Hall–Kier alpha value is -3.03. The van der Waals surface area contributed by atoms with Crippen LogP contribution in [0.25, 0.3) is 0 Å². The van der Waals surface area contributed by atoms with Crippen LogP contribution in [0.2, 0.25) is 10.0 Å². The molecule has 2 aromatic rings. The van der Waals surface area contributed by atoms with Crippen molar-refractivity contribution >= 4 is 40.7 Å². The molecule has 0 spiro atoms. The Morgan fingerprint density at radius 3 is 2.12 bits per heavy atom. The summed E-state index contributed by atoms with van der Waals surface area (Å²) in [6.45, 7) is 9.18. The average Bonchev–Trinajstić information content (AvgIpc) is 3.24. The van der Waals surface area contributed by atoms with E-state index in [9.17, 15) is 22.8 Å². The minimum atomic E-state index is -4.85. The molecule has 1 heterocycles. The number of benzene rings is 2. The fourth-order valence-corrected chi connectivity index (χ4v) is 5.74. The second-order valence-electron chi connectivity index (χ2n) is 8.18. The summed E-state index contributed by atoms with van der Waals surface area (Å²) >= 11 is 12.1. The van der Waals surface area contributed by atoms with Crippen LogP contribution in [0.5, 0.6) is 5.75 Å². The normalized spacial score (nSPS) is 26.4. The predicted molar refractivity (Wildman–Crippen MR) is 124 cm³/mol. The van der Waals surface area contributed by atoms with Crippen LogP contribution in [0.4, 0.5) is 18.9 Å². The van der Waals surface area contributed by atoms with Crippen molar-refractivity contribution in [2.75, 3.05) is 4.90 Å². The molecule has 1 unspecified atom stereocenters. The molecule has 0 N–H and O–H groups in total. The molecule has 4 rings (SSSR count). The van der Waals surface area contributed by atoms with Crippen molar-refractivity contribution in [3.05, 3.63) is 95.0 Å². The first-order chi connectivity index (χ1) is 15.9. The van der Waals surface area contributed by atoms with Gasteiger partial charge in [-0.25, -0.2) is 4.90 Å². The molecule has 0 aromatic heterocycles. The molecule has 1 aliphatic heterocycles. The standard InChI is InChI=1S/C25H18Cl2F3NO3/c1-4-6-14(5-2)24(15-7-9-19(10-8-15)34-25(28,29)30)20-21(32)31(22(33)23(20,24)3)18-12-16(26)11-17(27)13-18/h4-13,20H,1-2H2,3H3/b14-6+/t20?,23-,24-/m1/s1. The van der Waals surface area contributed by atoms with E-state index in [4.69, 9.17) is 23.2 Å². The third-order valence-corrected chi connectivity index (χ3v) is 6.92. The Kier molecular flexibility index (Phi) is 5.69. The lowest BCUT2D eigenvalue weighted by Gasteiger charge is -2.30. The van der Waals surface area contributed by atoms with Gasteiger partial charge in [0.05, 0.1) is 17.0 Å². The third-order valence-electron chi connectivity index (χ3n) is 6.48. The Labute approximate surface area is 203 Å². The number of fused-ring (bicyclic) bond motifs is 1. The van der Waals surface area contributed by atoms with Gasteiger partial charge in [0.2, 0.25) is 11.8 Å². The molecule has 2 aromatic carbocycles. The van der Waals surface area contributed by atoms with Gasteiger partial charge >= 0.3 is 6.36 Å². The lowest BCUT2D eigenvalue weighted by atomic mass is 9.78. The fourth-order valence-electron chi connectivity index (χ4n) is 5.22. The Balaban J connectivity index is 1.83. The summed E-state index contributed by atoms with van der Waals surface area (Å²) in [5.41, 5.74) is -1.10. The number of halogens is 5. The van der Waals surface area contributed by atoms with Crippen molar-refractivity contribution in [1.29, 1.82) is 0 Å². The summed E-state index contributed by atoms with van der Waals surface area (Å²) in [6.07, 6.45) is -0.188. The first-order valence-corrected chi connectivity index (χ1v) is 10.8. The van der Waals surface area contributed by atoms with Gasteiger partial charge < -0.3 is 4.74 Å². The second kappa shape index (κ2) is 8.03. The number of rotatable bonds is 6. The molecule has 1 saturated heterocycles. The zero-order valence-corrected chi connectivity index (χ0v) is 19.3. The van der Waals surface area contributed by atoms with Crippen LogP contribution in [0.15, 0.2) is 79.4 Å². The molecule has 3 atom stereocenters. The number of hydrogen-bond acceptors (Lipinski definition) is 3. The van der Waals surface area contributed by atoms with E-state index in [2.05, 4.69) is 17.9 Å². The quantitative estimate of drug-likeness (QED) is 0.325. The summed E-state index contributed by atoms with van der Waals surface area (Å²) in [7, 11) is 0. The zero-order chi connectivity index (χ0) is 25.1. The van der Waals surface area contributed by atoms with Crippen LogP contribution in [0, 0.1) is 11.3 Å². The van der Waals surface area contributed by atoms with Gasteiger partial charge in [-0.05, 0) is 48.4 Å². The summed E-state index contributed by atoms with van der Waals surface area (Å²) in [5, 5.41) is 0.525. The lowest BCUT2D eigenvalue weighted by molar-refractivity contribution is -0.274. The summed E-state index contributed by atoms with van der Waals surface area (Å²) in [6, 6.07) is 9.57. The molecule has 2 amide bonds. The van der Waals surface area contributed by atoms with E-state index >= 15 is 0 Å². The molecular formula is C25H18Cl2F3NO3. The van der Waals surface area contributed by atoms with E-state index in [0.717, 1.165) is 17.0 Å². The van der Waals surface area contributed by atoms with Gasteiger partial charge in [-0.3, -0.25) is 9.59 Å². The second-order valence-corrected chi connectivity index (χ2v) is 9.06. The van der Waals surface area contributed by atoms with Crippen LogP contribution in [-0.4, -0.2) is 18.2 Å². The number of nitrogens with zero attached hydrogens (tertiary/aromatic N) is 1. The number of hydrogen-bond donors (Lipinski definition) is 0. The van der Waals surface area contributed by atoms with Gasteiger partial charge in [-0.15, -0.1) is 13.2 Å². The highest BCUT2D eigenvalue weighted by Crippen LogP contribution is 2.77. The van der Waals surface area contributed by atoms with Crippen LogP contribution in [0.3, 0.4) is 0 Å². The van der Waals surface area contributed by atoms with Crippen molar-refractivity contribution in [3.63, 3.8) is 0 Å². The number of anilines is 1. The van der Waals surface area contributed by atoms with Gasteiger partial charge in [0.1, 0.15) is 5.75 Å². The Morgan fingerprint density at radius 1 is 1.09 bits per heavy atom. The molecule has 2 fully saturated rings. The number of allylic oxidation sites excluding steroid dienone is 4. The van der Waals surface area contributed by atoms with Crippen molar-refractivity contribution < 1.29 is 27.5 Å². The lowest BCUT2D eigenvalue weighted by Crippen LogP contribution is -2.42. The molecule has 0 radical (unpaired) electrons. The summed E-state index contributed by atoms with van der Waals surface area (Å²) < 4.78 is 41.8. The molecule has 0 bridgehead atoms. The number of piperidine rings is 1. The van der Waals surface area contributed by atoms with Crippen molar-refractivity contribution in [2.24, 2.45) is 11.3 Å². The molecule has 34 heavy (non-hydrogen) atoms. The maximum Gasteiger partial charge on any atom is 0.573 e. The molecule has 1 aliphatic carbocycles. The van der Waals surface area contributed by atoms with E-state index in [1.807, 2.05) is 0 Å². The largest absolute Gasteiger partial charge is 0.573 e. The van der Waals surface area contributed by atoms with Gasteiger partial charge in [-0.2, -0.15) is 0 Å². The Bertz CT molecular complexity index is 1230. The molecule has 176 valence electrons. The van der Waals surface area contributed by atoms with E-state index in [0.29, 0.717) is 11.1 Å². The van der Waals surface area contributed by atoms with Crippen molar-refractivity contribution in [2.45, 2.75) is 18.7 Å². The monoisotopic (exact) mass is 507 g/mol. The van der Waals surface area contributed by atoms with Gasteiger partial charge in [0, 0.05) is 15.5 Å². The number of alkyl halides is 3. The van der Waals surface area contributed by atoms with Gasteiger partial charge in [0.15, 0.2) is 0 Å². The summed E-state index contributed by atoms with van der Waals surface area (Å²) in [4.78, 5) is 28.4. The highest BCUT2D eigenvalue weighted by Gasteiger charge is 2.87. The maximum atomic E-state index is 13.7. The van der Waals surface area contributed by atoms with Crippen molar-refractivity contribution in [1.82, 2.24) is 0 Å². The van der Waals surface area contributed by atoms with E-state index in [1.54, 1.807) is 13.0 Å². The number of carbonyl (C=O) groups is 2. The average molecular weight is 508 g/mol.